The molecule has 0 aliphatic carbocycles. The highest BCUT2D eigenvalue weighted by Crippen LogP contribution is 2.30. The minimum Gasteiger partial charge on any atom is -0.495 e. The van der Waals surface area contributed by atoms with Crippen molar-refractivity contribution in [2.24, 2.45) is 0 Å². The third kappa shape index (κ3) is 3.74. The monoisotopic (exact) mass is 337 g/mol. The number of hydrogen-bond donors (Lipinski definition) is 3. The summed E-state index contributed by atoms with van der Waals surface area (Å²) in [4.78, 5) is 36.4. The molecule has 130 valence electrons. The van der Waals surface area contributed by atoms with Crippen LogP contribution in [-0.4, -0.2) is 63.0 Å². The van der Waals surface area contributed by atoms with Gasteiger partial charge in [0.1, 0.15) is 5.75 Å². The molecular weight excluding hydrogens is 318 g/mol. The fourth-order valence-electron chi connectivity index (χ4n) is 2.30. The molecule has 0 radical (unpaired) electrons. The van der Waals surface area contributed by atoms with Gasteiger partial charge in [-0.2, -0.15) is 0 Å². The van der Waals surface area contributed by atoms with E-state index in [2.05, 4.69) is 10.6 Å². The Hall–Kier alpha value is -2.81. The second kappa shape index (κ2) is 7.64. The molecule has 0 bridgehead atoms. The van der Waals surface area contributed by atoms with Gasteiger partial charge in [-0.05, 0) is 18.2 Å². The number of carbonyl (C=O) groups excluding carboxylic acids is 2. The smallest absolute Gasteiger partial charge is 0.334 e. The number of carboxylic acids is 1. The number of hydrogen-bond acceptors (Lipinski definition) is 5. The van der Waals surface area contributed by atoms with Crippen LogP contribution in [0.1, 0.15) is 10.4 Å². The van der Waals surface area contributed by atoms with Gasteiger partial charge >= 0.3 is 12.0 Å². The molecule has 3 amide bonds. The molecule has 3 N–H and O–H groups in total. The highest BCUT2D eigenvalue weighted by molar-refractivity contribution is 6.00. The number of rotatable bonds is 7. The summed E-state index contributed by atoms with van der Waals surface area (Å²) in [6, 6.07) is 4.38. The van der Waals surface area contributed by atoms with Crippen molar-refractivity contribution in [1.29, 1.82) is 0 Å². The first-order chi connectivity index (χ1) is 11.5. The van der Waals surface area contributed by atoms with E-state index in [9.17, 15) is 14.4 Å². The topological polar surface area (TPSA) is 117 Å². The molecular formula is C15H19N3O6. The summed E-state index contributed by atoms with van der Waals surface area (Å²) >= 11 is 0. The van der Waals surface area contributed by atoms with Crippen molar-refractivity contribution >= 4 is 23.6 Å². The minimum absolute atomic E-state index is 0.170. The summed E-state index contributed by atoms with van der Waals surface area (Å²) in [6.07, 6.45) is -1.13. The van der Waals surface area contributed by atoms with Gasteiger partial charge < -0.3 is 25.2 Å². The molecule has 1 aromatic carbocycles. The standard InChI is InChI=1S/C15H19N3O6/c1-23-11-4-3-9(7-10(11)18-6-5-16-15(18)22)13(19)17-8-12(24-2)14(20)21/h3-4,7,12H,5-6,8H2,1-2H3,(H,16,22)(H,17,19)(H,20,21). The molecule has 1 unspecified atom stereocenters. The number of methoxy groups -OCH3 is 2. The molecule has 0 aromatic heterocycles. The number of anilines is 1. The highest BCUT2D eigenvalue weighted by atomic mass is 16.5. The van der Waals surface area contributed by atoms with Gasteiger partial charge in [-0.3, -0.25) is 9.69 Å². The average molecular weight is 337 g/mol. The van der Waals surface area contributed by atoms with Gasteiger partial charge in [0.2, 0.25) is 0 Å². The summed E-state index contributed by atoms with van der Waals surface area (Å²) in [5.74, 6) is -1.17. The summed E-state index contributed by atoms with van der Waals surface area (Å²) in [6.45, 7) is 0.799. The third-order valence-electron chi connectivity index (χ3n) is 3.60. The summed E-state index contributed by atoms with van der Waals surface area (Å²) in [5, 5.41) is 14.1. The fourth-order valence-corrected chi connectivity index (χ4v) is 2.30. The molecule has 9 nitrogen and oxygen atoms in total. The zero-order valence-electron chi connectivity index (χ0n) is 13.4. The predicted molar refractivity (Wildman–Crippen MR) is 84.5 cm³/mol. The van der Waals surface area contributed by atoms with E-state index >= 15 is 0 Å². The van der Waals surface area contributed by atoms with E-state index in [-0.39, 0.29) is 18.1 Å². The first kappa shape index (κ1) is 17.5. The van der Waals surface area contributed by atoms with Crippen molar-refractivity contribution in [2.75, 3.05) is 38.8 Å². The van der Waals surface area contributed by atoms with E-state index in [1.165, 1.54) is 31.3 Å². The fraction of sp³-hybridized carbons (Fsp3) is 0.400. The zero-order chi connectivity index (χ0) is 17.7. The van der Waals surface area contributed by atoms with Crippen LogP contribution in [0.15, 0.2) is 18.2 Å². The maximum absolute atomic E-state index is 12.2. The maximum Gasteiger partial charge on any atom is 0.334 e. The van der Waals surface area contributed by atoms with E-state index < -0.39 is 18.0 Å². The lowest BCUT2D eigenvalue weighted by Crippen LogP contribution is -2.38. The zero-order valence-corrected chi connectivity index (χ0v) is 13.4. The highest BCUT2D eigenvalue weighted by Gasteiger charge is 2.25. The molecule has 1 heterocycles. The van der Waals surface area contributed by atoms with Crippen LogP contribution in [0, 0.1) is 0 Å². The first-order valence-electron chi connectivity index (χ1n) is 7.25. The van der Waals surface area contributed by atoms with E-state index in [4.69, 9.17) is 14.6 Å². The van der Waals surface area contributed by atoms with Crippen molar-refractivity contribution in [1.82, 2.24) is 10.6 Å². The maximum atomic E-state index is 12.2. The Labute approximate surface area is 138 Å². The molecule has 1 saturated heterocycles. The Morgan fingerprint density at radius 3 is 2.71 bits per heavy atom. The molecule has 24 heavy (non-hydrogen) atoms. The molecule has 1 aromatic rings. The third-order valence-corrected chi connectivity index (χ3v) is 3.60. The molecule has 0 saturated carbocycles. The summed E-state index contributed by atoms with van der Waals surface area (Å²) in [7, 11) is 2.73. The van der Waals surface area contributed by atoms with Gasteiger partial charge in [0, 0.05) is 25.8 Å². The van der Waals surface area contributed by atoms with Crippen LogP contribution in [0.5, 0.6) is 5.75 Å². The molecule has 1 fully saturated rings. The summed E-state index contributed by atoms with van der Waals surface area (Å²) < 4.78 is 9.99. The SMILES string of the molecule is COc1ccc(C(=O)NCC(OC)C(=O)O)cc1N1CCNC1=O. The molecule has 0 spiro atoms. The second-order valence-corrected chi connectivity index (χ2v) is 5.04. The number of aliphatic carboxylic acids is 1. The van der Waals surface area contributed by atoms with Crippen LogP contribution in [0.2, 0.25) is 0 Å². The van der Waals surface area contributed by atoms with Crippen LogP contribution >= 0.6 is 0 Å². The quantitative estimate of drug-likeness (QED) is 0.647. The van der Waals surface area contributed by atoms with Gasteiger partial charge in [0.15, 0.2) is 6.10 Å². The Morgan fingerprint density at radius 2 is 2.17 bits per heavy atom. The van der Waals surface area contributed by atoms with Crippen molar-refractivity contribution in [2.45, 2.75) is 6.10 Å². The normalized spacial score (nSPS) is 14.9. The molecule has 9 heteroatoms. The predicted octanol–water partition coefficient (Wildman–Crippen LogP) is 0.0542. The Morgan fingerprint density at radius 1 is 1.42 bits per heavy atom. The van der Waals surface area contributed by atoms with Crippen LogP contribution < -0.4 is 20.3 Å². The summed E-state index contributed by atoms with van der Waals surface area (Å²) in [5.41, 5.74) is 0.757. The second-order valence-electron chi connectivity index (χ2n) is 5.04. The molecule has 1 aliphatic heterocycles. The lowest BCUT2D eigenvalue weighted by Gasteiger charge is -2.19. The van der Waals surface area contributed by atoms with Crippen LogP contribution in [0.3, 0.4) is 0 Å². The van der Waals surface area contributed by atoms with Crippen LogP contribution in [0.4, 0.5) is 10.5 Å². The van der Waals surface area contributed by atoms with Gasteiger partial charge in [-0.1, -0.05) is 0 Å². The van der Waals surface area contributed by atoms with E-state index in [0.29, 0.717) is 24.5 Å². The Bertz CT molecular complexity index is 648. The Kier molecular flexibility index (Phi) is 5.59. The van der Waals surface area contributed by atoms with Crippen LogP contribution in [-0.2, 0) is 9.53 Å². The van der Waals surface area contributed by atoms with E-state index in [1.807, 2.05) is 0 Å². The van der Waals surface area contributed by atoms with Crippen molar-refractivity contribution in [3.8, 4) is 5.75 Å². The van der Waals surface area contributed by atoms with Gasteiger partial charge in [-0.25, -0.2) is 9.59 Å². The molecule has 1 aliphatic rings. The number of benzene rings is 1. The first-order valence-corrected chi connectivity index (χ1v) is 7.25. The van der Waals surface area contributed by atoms with Crippen LogP contribution in [0.25, 0.3) is 0 Å². The average Bonchev–Trinajstić information content (AvgIpc) is 3.00. The number of carboxylic acid groups (broad SMARTS) is 1. The lowest BCUT2D eigenvalue weighted by molar-refractivity contribution is -0.148. The van der Waals surface area contributed by atoms with Gasteiger partial charge in [0.05, 0.1) is 19.3 Å². The van der Waals surface area contributed by atoms with Crippen molar-refractivity contribution in [3.05, 3.63) is 23.8 Å². The number of carbonyl (C=O) groups is 3. The van der Waals surface area contributed by atoms with E-state index in [0.717, 1.165) is 0 Å². The number of nitrogens with one attached hydrogen (secondary N) is 2. The van der Waals surface area contributed by atoms with Gasteiger partial charge in [-0.15, -0.1) is 0 Å². The van der Waals surface area contributed by atoms with Gasteiger partial charge in [0.25, 0.3) is 5.91 Å². The molecule has 2 rings (SSSR count). The largest absolute Gasteiger partial charge is 0.495 e. The minimum atomic E-state index is -1.16. The van der Waals surface area contributed by atoms with Crippen molar-refractivity contribution < 1.29 is 29.0 Å². The molecule has 1 atom stereocenters. The van der Waals surface area contributed by atoms with E-state index in [1.54, 1.807) is 6.07 Å². The number of nitrogens with zero attached hydrogens (tertiary/aromatic N) is 1. The number of urea groups is 1. The lowest BCUT2D eigenvalue weighted by atomic mass is 10.1. The number of ether oxygens (including phenoxy) is 2. The van der Waals surface area contributed by atoms with Crippen molar-refractivity contribution in [3.63, 3.8) is 0 Å². The number of amides is 3. The Balaban J connectivity index is 2.17.